The first-order chi connectivity index (χ1) is 10.5. The van der Waals surface area contributed by atoms with E-state index in [-0.39, 0.29) is 30.9 Å². The normalized spacial score (nSPS) is 17.3. The number of amides is 2. The van der Waals surface area contributed by atoms with Gasteiger partial charge in [-0.05, 0) is 19.1 Å². The number of nitrogens with one attached hydrogen (secondary N) is 1. The monoisotopic (exact) mass is 306 g/mol. The Labute approximate surface area is 128 Å². The lowest BCUT2D eigenvalue weighted by molar-refractivity contribution is -0.151. The highest BCUT2D eigenvalue weighted by Crippen LogP contribution is 2.31. The van der Waals surface area contributed by atoms with E-state index in [2.05, 4.69) is 10.1 Å². The Morgan fingerprint density at radius 2 is 2.05 bits per heavy atom. The fourth-order valence-electron chi connectivity index (χ4n) is 2.34. The molecule has 1 atom stereocenters. The fourth-order valence-corrected chi connectivity index (χ4v) is 2.34. The van der Waals surface area contributed by atoms with Crippen LogP contribution in [0.3, 0.4) is 0 Å². The van der Waals surface area contributed by atoms with Crippen LogP contribution in [0.4, 0.5) is 11.4 Å². The van der Waals surface area contributed by atoms with E-state index in [1.165, 1.54) is 12.0 Å². The SMILES string of the molecule is COCC(=O)OCC(=O)N1c2ccccc2NC(=O)C[C@@H]1C. The van der Waals surface area contributed by atoms with E-state index >= 15 is 0 Å². The average molecular weight is 306 g/mol. The zero-order valence-electron chi connectivity index (χ0n) is 12.5. The second-order valence-corrected chi connectivity index (χ2v) is 4.98. The maximum Gasteiger partial charge on any atom is 0.332 e. The van der Waals surface area contributed by atoms with Crippen LogP contribution in [0.25, 0.3) is 0 Å². The number of methoxy groups -OCH3 is 1. The first-order valence-corrected chi connectivity index (χ1v) is 6.88. The largest absolute Gasteiger partial charge is 0.454 e. The van der Waals surface area contributed by atoms with Crippen molar-refractivity contribution in [3.05, 3.63) is 24.3 Å². The van der Waals surface area contributed by atoms with Gasteiger partial charge < -0.3 is 19.7 Å². The lowest BCUT2D eigenvalue weighted by Gasteiger charge is -2.27. The Bertz CT molecular complexity index is 587. The highest BCUT2D eigenvalue weighted by Gasteiger charge is 2.29. The molecule has 0 radical (unpaired) electrons. The number of nitrogens with zero attached hydrogens (tertiary/aromatic N) is 1. The molecule has 2 rings (SSSR count). The molecular weight excluding hydrogens is 288 g/mol. The summed E-state index contributed by atoms with van der Waals surface area (Å²) in [4.78, 5) is 37.0. The van der Waals surface area contributed by atoms with Crippen molar-refractivity contribution in [1.82, 2.24) is 0 Å². The Kier molecular flexibility index (Phi) is 5.11. The van der Waals surface area contributed by atoms with E-state index in [0.717, 1.165) is 0 Å². The summed E-state index contributed by atoms with van der Waals surface area (Å²) in [5.74, 6) is -1.16. The number of para-hydroxylation sites is 2. The van der Waals surface area contributed by atoms with Crippen molar-refractivity contribution in [3.63, 3.8) is 0 Å². The molecule has 0 aromatic heterocycles. The van der Waals surface area contributed by atoms with Crippen LogP contribution in [0.5, 0.6) is 0 Å². The number of hydrogen-bond acceptors (Lipinski definition) is 5. The second-order valence-electron chi connectivity index (χ2n) is 4.98. The van der Waals surface area contributed by atoms with Gasteiger partial charge >= 0.3 is 5.97 Å². The number of carbonyl (C=O) groups excluding carboxylic acids is 3. The van der Waals surface area contributed by atoms with Crippen LogP contribution < -0.4 is 10.2 Å². The highest BCUT2D eigenvalue weighted by atomic mass is 16.6. The van der Waals surface area contributed by atoms with Gasteiger partial charge in [0.2, 0.25) is 5.91 Å². The molecule has 1 aliphatic heterocycles. The summed E-state index contributed by atoms with van der Waals surface area (Å²) < 4.78 is 9.51. The zero-order chi connectivity index (χ0) is 16.1. The Morgan fingerprint density at radius 1 is 1.32 bits per heavy atom. The van der Waals surface area contributed by atoms with Gasteiger partial charge in [0, 0.05) is 19.6 Å². The number of fused-ring (bicyclic) bond motifs is 1. The van der Waals surface area contributed by atoms with Crippen LogP contribution in [0.2, 0.25) is 0 Å². The number of carbonyl (C=O) groups is 3. The third kappa shape index (κ3) is 3.62. The van der Waals surface area contributed by atoms with E-state index in [1.807, 2.05) is 0 Å². The number of esters is 1. The Balaban J connectivity index is 2.18. The molecule has 118 valence electrons. The molecule has 0 unspecified atom stereocenters. The number of ether oxygens (including phenoxy) is 2. The van der Waals surface area contributed by atoms with Crippen LogP contribution >= 0.6 is 0 Å². The van der Waals surface area contributed by atoms with Crippen molar-refractivity contribution in [1.29, 1.82) is 0 Å². The molecule has 7 nitrogen and oxygen atoms in total. The Morgan fingerprint density at radius 3 is 2.77 bits per heavy atom. The fraction of sp³-hybridized carbons (Fsp3) is 0.400. The van der Waals surface area contributed by atoms with Crippen LogP contribution in [0, 0.1) is 0 Å². The van der Waals surface area contributed by atoms with Gasteiger partial charge in [-0.3, -0.25) is 9.59 Å². The summed E-state index contributed by atoms with van der Waals surface area (Å²) in [6.45, 7) is 1.17. The van der Waals surface area contributed by atoms with E-state index in [1.54, 1.807) is 31.2 Å². The molecule has 2 amide bonds. The molecule has 0 aliphatic carbocycles. The number of anilines is 2. The molecule has 0 fully saturated rings. The topological polar surface area (TPSA) is 84.9 Å². The van der Waals surface area contributed by atoms with Gasteiger partial charge in [-0.25, -0.2) is 4.79 Å². The van der Waals surface area contributed by atoms with Crippen LogP contribution in [0.1, 0.15) is 13.3 Å². The number of hydrogen-bond donors (Lipinski definition) is 1. The van der Waals surface area contributed by atoms with Crippen molar-refractivity contribution in [2.24, 2.45) is 0 Å². The molecule has 1 heterocycles. The quantitative estimate of drug-likeness (QED) is 0.837. The number of benzene rings is 1. The van der Waals surface area contributed by atoms with Gasteiger partial charge in [-0.2, -0.15) is 0 Å². The average Bonchev–Trinajstić information content (AvgIpc) is 2.59. The number of rotatable bonds is 4. The first-order valence-electron chi connectivity index (χ1n) is 6.88. The molecule has 1 aliphatic rings. The molecule has 1 aromatic rings. The van der Waals surface area contributed by atoms with E-state index in [0.29, 0.717) is 11.4 Å². The lowest BCUT2D eigenvalue weighted by atomic mass is 10.1. The minimum Gasteiger partial charge on any atom is -0.454 e. The summed E-state index contributed by atoms with van der Waals surface area (Å²) in [5.41, 5.74) is 1.15. The third-order valence-corrected chi connectivity index (χ3v) is 3.25. The zero-order valence-corrected chi connectivity index (χ0v) is 12.5. The smallest absolute Gasteiger partial charge is 0.332 e. The van der Waals surface area contributed by atoms with Crippen molar-refractivity contribution in [2.75, 3.05) is 30.5 Å². The van der Waals surface area contributed by atoms with Crippen LogP contribution in [-0.2, 0) is 23.9 Å². The standard InChI is InChI=1S/C15H18N2O5/c1-10-7-13(18)16-11-5-3-4-6-12(11)17(10)14(19)8-22-15(20)9-21-2/h3-6,10H,7-9H2,1-2H3,(H,16,18)/t10-/m0/s1. The summed E-state index contributed by atoms with van der Waals surface area (Å²) in [6.07, 6.45) is 0.173. The van der Waals surface area contributed by atoms with E-state index in [9.17, 15) is 14.4 Å². The molecule has 0 bridgehead atoms. The van der Waals surface area contributed by atoms with Crippen molar-refractivity contribution >= 4 is 29.2 Å². The maximum absolute atomic E-state index is 12.4. The minimum absolute atomic E-state index is 0.161. The van der Waals surface area contributed by atoms with Crippen LogP contribution in [0.15, 0.2) is 24.3 Å². The van der Waals surface area contributed by atoms with Gasteiger partial charge in [-0.1, -0.05) is 12.1 Å². The van der Waals surface area contributed by atoms with Crippen molar-refractivity contribution in [3.8, 4) is 0 Å². The summed E-state index contributed by atoms with van der Waals surface area (Å²) in [5, 5.41) is 2.76. The molecule has 0 spiro atoms. The van der Waals surface area contributed by atoms with E-state index in [4.69, 9.17) is 4.74 Å². The van der Waals surface area contributed by atoms with Crippen LogP contribution in [-0.4, -0.2) is 44.1 Å². The molecule has 7 heteroatoms. The second kappa shape index (κ2) is 7.04. The Hall–Kier alpha value is -2.41. The molecule has 0 saturated heterocycles. The summed E-state index contributed by atoms with van der Waals surface area (Å²) in [7, 11) is 1.37. The summed E-state index contributed by atoms with van der Waals surface area (Å²) in [6, 6.07) is 6.68. The molecule has 22 heavy (non-hydrogen) atoms. The van der Waals surface area contributed by atoms with Gasteiger partial charge in [0.05, 0.1) is 11.4 Å². The molecule has 1 N–H and O–H groups in total. The predicted octanol–water partition coefficient (Wildman–Crippen LogP) is 0.940. The first kappa shape index (κ1) is 16.0. The van der Waals surface area contributed by atoms with Crippen molar-refractivity contribution in [2.45, 2.75) is 19.4 Å². The molecule has 1 aromatic carbocycles. The highest BCUT2D eigenvalue weighted by molar-refractivity contribution is 6.05. The van der Waals surface area contributed by atoms with Gasteiger partial charge in [0.15, 0.2) is 6.61 Å². The lowest BCUT2D eigenvalue weighted by Crippen LogP contribution is -2.41. The van der Waals surface area contributed by atoms with Gasteiger partial charge in [-0.15, -0.1) is 0 Å². The molecular formula is C15H18N2O5. The third-order valence-electron chi connectivity index (χ3n) is 3.25. The van der Waals surface area contributed by atoms with Gasteiger partial charge in [0.25, 0.3) is 5.91 Å². The predicted molar refractivity (Wildman–Crippen MR) is 79.5 cm³/mol. The minimum atomic E-state index is -0.610. The maximum atomic E-state index is 12.4. The summed E-state index contributed by atoms with van der Waals surface area (Å²) >= 11 is 0. The molecule has 0 saturated carbocycles. The van der Waals surface area contributed by atoms with E-state index < -0.39 is 12.6 Å². The van der Waals surface area contributed by atoms with Gasteiger partial charge in [0.1, 0.15) is 6.61 Å². The van der Waals surface area contributed by atoms with Crippen molar-refractivity contribution < 1.29 is 23.9 Å².